The lowest BCUT2D eigenvalue weighted by molar-refractivity contribution is 0.00693. The third kappa shape index (κ3) is 11.2. The summed E-state index contributed by atoms with van der Waals surface area (Å²) < 4.78 is 16.4. The number of benzene rings is 2. The van der Waals surface area contributed by atoms with E-state index in [-0.39, 0.29) is 0 Å². The quantitative estimate of drug-likeness (QED) is 0.113. The molecule has 1 heterocycles. The van der Waals surface area contributed by atoms with Crippen molar-refractivity contribution >= 4 is 58.5 Å². The average Bonchev–Trinajstić information content (AvgIpc) is 2.89. The Bertz CT molecular complexity index is 1340. The molecule has 0 atom stereocenters. The van der Waals surface area contributed by atoms with Gasteiger partial charge >= 0.3 is 11.9 Å². The summed E-state index contributed by atoms with van der Waals surface area (Å²) in [6.45, 7) is 15.0. The van der Waals surface area contributed by atoms with Gasteiger partial charge in [-0.1, -0.05) is 0 Å². The lowest BCUT2D eigenvalue weighted by Crippen LogP contribution is -2.33. The van der Waals surface area contributed by atoms with Crippen molar-refractivity contribution in [3.8, 4) is 0 Å². The largest absolute Gasteiger partial charge is 0.465 e. The number of hydrogen-bond acceptors (Lipinski definition) is 11. The molecule has 11 nitrogen and oxygen atoms in total. The van der Waals surface area contributed by atoms with Crippen LogP contribution in [-0.2, 0) is 13.6 Å². The van der Waals surface area contributed by atoms with Crippen molar-refractivity contribution in [1.29, 1.82) is 0 Å². The molecule has 0 aliphatic carbocycles. The van der Waals surface area contributed by atoms with Gasteiger partial charge < -0.3 is 29.5 Å². The summed E-state index contributed by atoms with van der Waals surface area (Å²) in [6.07, 6.45) is 0.924. The summed E-state index contributed by atoms with van der Waals surface area (Å²) >= 11 is 0. The van der Waals surface area contributed by atoms with Gasteiger partial charge in [-0.15, -0.1) is 0 Å². The number of carbonyl (C=O) groups is 2. The first kappa shape index (κ1) is 32.7. The van der Waals surface area contributed by atoms with E-state index < -0.39 is 34.9 Å². The van der Waals surface area contributed by atoms with Gasteiger partial charge in [0.2, 0.25) is 17.8 Å². The maximum absolute atomic E-state index is 12.4. The molecule has 1 radical (unpaired) electrons. The highest BCUT2D eigenvalue weighted by Crippen LogP contribution is 2.21. The van der Waals surface area contributed by atoms with Crippen molar-refractivity contribution in [3.05, 3.63) is 59.7 Å². The topological polar surface area (TPSA) is 137 Å². The number of nitrogens with zero attached hydrogens (tertiary/aromatic N) is 3. The fourth-order valence-electron chi connectivity index (χ4n) is 3.77. The number of esters is 2. The van der Waals surface area contributed by atoms with Crippen LogP contribution in [0.2, 0.25) is 32.2 Å². The first-order valence-corrected chi connectivity index (χ1v) is 19.3. The minimum atomic E-state index is -1.54. The van der Waals surface area contributed by atoms with Gasteiger partial charge in [0.1, 0.15) is 5.60 Å². The Morgan fingerprint density at radius 3 is 1.74 bits per heavy atom. The van der Waals surface area contributed by atoms with Gasteiger partial charge in [0.25, 0.3) is 0 Å². The van der Waals surface area contributed by atoms with Crippen LogP contribution in [0.5, 0.6) is 0 Å². The van der Waals surface area contributed by atoms with E-state index in [1.807, 2.05) is 20.8 Å². The minimum absolute atomic E-state index is 0.313. The average molecular weight is 610 g/mol. The van der Waals surface area contributed by atoms with Crippen LogP contribution < -0.4 is 16.0 Å². The minimum Gasteiger partial charge on any atom is -0.465 e. The van der Waals surface area contributed by atoms with E-state index >= 15 is 0 Å². The van der Waals surface area contributed by atoms with E-state index in [1.54, 1.807) is 48.5 Å². The predicted octanol–water partition coefficient (Wildman–Crippen LogP) is 6.38. The fourth-order valence-corrected chi connectivity index (χ4v) is 9.03. The number of ether oxygens (including phenoxy) is 2. The van der Waals surface area contributed by atoms with Crippen LogP contribution in [0.3, 0.4) is 0 Å². The molecule has 0 amide bonds. The molecule has 2 aromatic carbocycles. The molecule has 3 aromatic rings. The van der Waals surface area contributed by atoms with E-state index in [4.69, 9.17) is 13.6 Å². The Morgan fingerprint density at radius 1 is 0.810 bits per heavy atom. The summed E-state index contributed by atoms with van der Waals surface area (Å²) in [7, 11) is -1.05. The van der Waals surface area contributed by atoms with Crippen LogP contribution >= 0.6 is 0 Å². The zero-order chi connectivity index (χ0) is 30.9. The molecule has 0 unspecified atom stereocenters. The number of hydrogen-bond donors (Lipinski definition) is 3. The molecule has 0 saturated heterocycles. The molecule has 0 saturated carbocycles. The van der Waals surface area contributed by atoms with Crippen molar-refractivity contribution < 1.29 is 23.2 Å². The summed E-state index contributed by atoms with van der Waals surface area (Å²) in [6, 6.07) is 14.7. The van der Waals surface area contributed by atoms with Gasteiger partial charge in [-0.2, -0.15) is 15.0 Å². The SMILES string of the molecule is COC(=O)c1ccc(Nc2nc(NCCC[Si](C)O[Si](C)(C)C)nc(Nc3ccc(C(=O)OC(C)(C)C)cc3)n2)cc1. The van der Waals surface area contributed by atoms with Crippen molar-refractivity contribution in [2.24, 2.45) is 0 Å². The van der Waals surface area contributed by atoms with Crippen LogP contribution in [0.1, 0.15) is 47.9 Å². The summed E-state index contributed by atoms with van der Waals surface area (Å²) in [5.41, 5.74) is 1.69. The zero-order valence-electron chi connectivity index (χ0n) is 25.6. The van der Waals surface area contributed by atoms with Gasteiger partial charge in [-0.05, 0) is 108 Å². The number of carbonyl (C=O) groups excluding carboxylic acids is 2. The second-order valence-corrected chi connectivity index (χ2v) is 18.6. The molecule has 0 aliphatic rings. The normalized spacial score (nSPS) is 11.6. The number of anilines is 5. The molecular formula is C29H41N6O5Si2. The highest BCUT2D eigenvalue weighted by Gasteiger charge is 2.20. The Kier molecular flexibility index (Phi) is 11.2. The van der Waals surface area contributed by atoms with E-state index in [1.165, 1.54) is 7.11 Å². The van der Waals surface area contributed by atoms with Crippen molar-refractivity contribution in [3.63, 3.8) is 0 Å². The highest BCUT2D eigenvalue weighted by atomic mass is 28.4. The monoisotopic (exact) mass is 609 g/mol. The molecule has 13 heteroatoms. The molecule has 0 aliphatic heterocycles. The lowest BCUT2D eigenvalue weighted by atomic mass is 10.1. The van der Waals surface area contributed by atoms with Crippen molar-refractivity contribution in [2.75, 3.05) is 29.6 Å². The van der Waals surface area contributed by atoms with Gasteiger partial charge in [0, 0.05) is 17.9 Å². The van der Waals surface area contributed by atoms with Crippen LogP contribution in [-0.4, -0.2) is 63.5 Å². The smallest absolute Gasteiger partial charge is 0.338 e. The van der Waals surface area contributed by atoms with E-state index in [2.05, 4.69) is 57.1 Å². The van der Waals surface area contributed by atoms with Crippen LogP contribution in [0.4, 0.5) is 29.2 Å². The van der Waals surface area contributed by atoms with Gasteiger partial charge in [-0.3, -0.25) is 0 Å². The van der Waals surface area contributed by atoms with E-state index in [0.29, 0.717) is 46.9 Å². The standard InChI is InChI=1S/C29H41N6O5Si2/c1-29(2,3)39-25(37)21-12-16-23(17-13-21)32-28-34-26(30-18-9-19-41(5)40-42(6,7)8)33-27(35-28)31-22-14-10-20(11-15-22)24(36)38-4/h10-17H,9,18-19H2,1-8H3,(H3,30,31,32,33,34,35). The third-order valence-corrected chi connectivity index (χ3v) is 10.3. The zero-order valence-corrected chi connectivity index (χ0v) is 27.6. The molecule has 3 rings (SSSR count). The van der Waals surface area contributed by atoms with E-state index in [9.17, 15) is 9.59 Å². The Balaban J connectivity index is 1.75. The Hall–Kier alpha value is -3.82. The molecule has 225 valence electrons. The highest BCUT2D eigenvalue weighted by molar-refractivity contribution is 6.77. The van der Waals surface area contributed by atoms with Crippen LogP contribution in [0, 0.1) is 0 Å². The Labute approximate surface area is 250 Å². The molecule has 0 bridgehead atoms. The second kappa shape index (κ2) is 14.4. The van der Waals surface area contributed by atoms with E-state index in [0.717, 1.165) is 12.5 Å². The van der Waals surface area contributed by atoms with Crippen LogP contribution in [0.25, 0.3) is 0 Å². The lowest BCUT2D eigenvalue weighted by Gasteiger charge is -2.22. The van der Waals surface area contributed by atoms with Gasteiger partial charge in [0.15, 0.2) is 17.4 Å². The molecule has 0 spiro atoms. The molecule has 1 aromatic heterocycles. The Morgan fingerprint density at radius 2 is 1.29 bits per heavy atom. The van der Waals surface area contributed by atoms with Crippen molar-refractivity contribution in [2.45, 2.75) is 65.0 Å². The maximum atomic E-state index is 12.4. The number of nitrogens with one attached hydrogen (secondary N) is 3. The summed E-state index contributed by atoms with van der Waals surface area (Å²) in [5.74, 6) is 0.228. The molecule has 42 heavy (non-hydrogen) atoms. The van der Waals surface area contributed by atoms with Crippen LogP contribution in [0.15, 0.2) is 48.5 Å². The molecule has 3 N–H and O–H groups in total. The second-order valence-electron chi connectivity index (χ2n) is 11.7. The predicted molar refractivity (Wildman–Crippen MR) is 170 cm³/mol. The maximum Gasteiger partial charge on any atom is 0.338 e. The van der Waals surface area contributed by atoms with Gasteiger partial charge in [-0.25, -0.2) is 9.59 Å². The fraction of sp³-hybridized carbons (Fsp3) is 0.414. The van der Waals surface area contributed by atoms with Gasteiger partial charge in [0.05, 0.1) is 18.2 Å². The third-order valence-electron chi connectivity index (χ3n) is 5.44. The summed E-state index contributed by atoms with van der Waals surface area (Å²) in [4.78, 5) is 37.8. The first-order valence-electron chi connectivity index (χ1n) is 13.8. The summed E-state index contributed by atoms with van der Waals surface area (Å²) in [5, 5.41) is 9.65. The number of aromatic nitrogens is 3. The van der Waals surface area contributed by atoms with Crippen molar-refractivity contribution in [1.82, 2.24) is 15.0 Å². The first-order chi connectivity index (χ1) is 19.7. The molecule has 0 fully saturated rings. The molecular weight excluding hydrogens is 569 g/mol. The number of rotatable bonds is 13. The number of methoxy groups -OCH3 is 1.